The van der Waals surface area contributed by atoms with Gasteiger partial charge in [-0.3, -0.25) is 9.36 Å². The summed E-state index contributed by atoms with van der Waals surface area (Å²) >= 11 is 7.32. The highest BCUT2D eigenvalue weighted by molar-refractivity contribution is 7.07. The number of benzene rings is 3. The third-order valence-corrected chi connectivity index (χ3v) is 9.17. The fourth-order valence-corrected chi connectivity index (χ4v) is 6.86. The van der Waals surface area contributed by atoms with Crippen LogP contribution in [0.15, 0.2) is 106 Å². The highest BCUT2D eigenvalue weighted by atomic mass is 35.5. The third kappa shape index (κ3) is 5.91. The number of aryl methyl sites for hydroxylation is 1. The molecule has 7 nitrogen and oxygen atoms in total. The summed E-state index contributed by atoms with van der Waals surface area (Å²) in [7, 11) is 1.35. The number of allylic oxidation sites excluding steroid dienone is 1. The Balaban J connectivity index is 1.35. The second kappa shape index (κ2) is 12.8. The van der Waals surface area contributed by atoms with E-state index in [0.717, 1.165) is 39.5 Å². The number of carbonyl (C=O) groups excluding carboxylic acids is 1. The number of hydrogen-bond acceptors (Lipinski definition) is 6. The molecule has 0 amide bonds. The molecular formula is C36H32ClN3O4S. The van der Waals surface area contributed by atoms with Crippen molar-refractivity contribution in [3.63, 3.8) is 0 Å². The van der Waals surface area contributed by atoms with Gasteiger partial charge in [0.05, 0.1) is 29.0 Å². The molecule has 9 heteroatoms. The molecule has 3 aromatic carbocycles. The van der Waals surface area contributed by atoms with Crippen molar-refractivity contribution in [2.75, 3.05) is 7.11 Å². The summed E-state index contributed by atoms with van der Waals surface area (Å²) in [5, 5.41) is 0.697. The Morgan fingerprint density at radius 1 is 1.02 bits per heavy atom. The maximum atomic E-state index is 14.0. The van der Waals surface area contributed by atoms with Crippen molar-refractivity contribution in [1.29, 1.82) is 0 Å². The van der Waals surface area contributed by atoms with Crippen LogP contribution in [0.3, 0.4) is 0 Å². The Morgan fingerprint density at radius 2 is 1.73 bits per heavy atom. The van der Waals surface area contributed by atoms with Gasteiger partial charge < -0.3 is 14.0 Å². The normalized spacial score (nSPS) is 14.7. The summed E-state index contributed by atoms with van der Waals surface area (Å²) in [6.07, 6.45) is 2.45. The van der Waals surface area contributed by atoms with E-state index in [4.69, 9.17) is 26.1 Å². The monoisotopic (exact) mass is 637 g/mol. The van der Waals surface area contributed by atoms with E-state index in [9.17, 15) is 9.59 Å². The fraction of sp³-hybridized carbons (Fsp3) is 0.194. The molecule has 0 radical (unpaired) electrons. The van der Waals surface area contributed by atoms with E-state index < -0.39 is 12.0 Å². The van der Waals surface area contributed by atoms with Gasteiger partial charge in [-0.05, 0) is 85.5 Å². The molecule has 0 saturated carbocycles. The van der Waals surface area contributed by atoms with E-state index in [1.807, 2.05) is 106 Å². The van der Waals surface area contributed by atoms with Crippen LogP contribution in [0, 0.1) is 13.8 Å². The molecule has 0 fully saturated rings. The summed E-state index contributed by atoms with van der Waals surface area (Å²) in [5.74, 6) is 0.284. The van der Waals surface area contributed by atoms with Crippen LogP contribution < -0.4 is 19.6 Å². The van der Waals surface area contributed by atoms with Gasteiger partial charge in [0.1, 0.15) is 12.4 Å². The lowest BCUT2D eigenvalue weighted by molar-refractivity contribution is -0.136. The zero-order valence-corrected chi connectivity index (χ0v) is 27.0. The van der Waals surface area contributed by atoms with Crippen molar-refractivity contribution in [1.82, 2.24) is 9.13 Å². The van der Waals surface area contributed by atoms with Gasteiger partial charge in [-0.15, -0.1) is 0 Å². The van der Waals surface area contributed by atoms with Crippen LogP contribution in [0.5, 0.6) is 5.75 Å². The van der Waals surface area contributed by atoms with Crippen LogP contribution in [0.25, 0.3) is 11.8 Å². The molecule has 1 aliphatic heterocycles. The zero-order valence-electron chi connectivity index (χ0n) is 25.4. The SMILES string of the molecule is CCC1=C(C(=O)OC)[C@@H](c2ccccc2)n2c(s/c(=C/c3cc(C)n(-c4ccc(OCc5ccc(Cl)cc5)cc4)c3C)c2=O)=N1. The fourth-order valence-electron chi connectivity index (χ4n) is 5.73. The van der Waals surface area contributed by atoms with E-state index in [1.54, 1.807) is 4.57 Å². The van der Waals surface area contributed by atoms with Crippen molar-refractivity contribution in [2.45, 2.75) is 39.8 Å². The smallest absolute Gasteiger partial charge is 0.338 e. The maximum Gasteiger partial charge on any atom is 0.338 e. The minimum atomic E-state index is -0.625. The molecule has 0 unspecified atom stereocenters. The first-order chi connectivity index (χ1) is 21.8. The minimum Gasteiger partial charge on any atom is -0.489 e. The number of halogens is 1. The molecule has 5 aromatic rings. The average molecular weight is 638 g/mol. The van der Waals surface area contributed by atoms with Crippen LogP contribution in [-0.2, 0) is 16.1 Å². The third-order valence-electron chi connectivity index (χ3n) is 7.94. The van der Waals surface area contributed by atoms with Crippen molar-refractivity contribution in [2.24, 2.45) is 4.99 Å². The molecule has 0 saturated heterocycles. The Bertz CT molecular complexity index is 2090. The second-order valence-corrected chi connectivity index (χ2v) is 12.2. The average Bonchev–Trinajstić information content (AvgIpc) is 3.53. The number of methoxy groups -OCH3 is 1. The van der Waals surface area contributed by atoms with Crippen molar-refractivity contribution in [3.8, 4) is 11.4 Å². The molecule has 2 aromatic heterocycles. The number of nitrogens with zero attached hydrogens (tertiary/aromatic N) is 3. The molecule has 228 valence electrons. The summed E-state index contributed by atoms with van der Waals surface area (Å²) in [4.78, 5) is 32.4. The number of thiazole rings is 1. The summed E-state index contributed by atoms with van der Waals surface area (Å²) in [6, 6.07) is 26.6. The van der Waals surface area contributed by atoms with Crippen molar-refractivity contribution < 1.29 is 14.3 Å². The number of esters is 1. The number of fused-ring (bicyclic) bond motifs is 1. The number of aromatic nitrogens is 2. The van der Waals surface area contributed by atoms with E-state index in [0.29, 0.717) is 38.7 Å². The Hall–Kier alpha value is -4.66. The van der Waals surface area contributed by atoms with Crippen molar-refractivity contribution in [3.05, 3.63) is 149 Å². The van der Waals surface area contributed by atoms with Gasteiger partial charge in [0.2, 0.25) is 0 Å². The number of carbonyl (C=O) groups is 1. The molecule has 0 N–H and O–H groups in total. The molecule has 3 heterocycles. The van der Waals surface area contributed by atoms with Gasteiger partial charge in [-0.1, -0.05) is 72.3 Å². The van der Waals surface area contributed by atoms with E-state index in [2.05, 4.69) is 10.6 Å². The molecule has 6 rings (SSSR count). The Kier molecular flexibility index (Phi) is 8.61. The summed E-state index contributed by atoms with van der Waals surface area (Å²) < 4.78 is 15.5. The summed E-state index contributed by atoms with van der Waals surface area (Å²) in [6.45, 7) is 6.48. The quantitative estimate of drug-likeness (QED) is 0.184. The Labute approximate surface area is 270 Å². The standard InChI is InChI=1S/C36H32ClN3O4S/c1-5-30-32(35(42)43-4)33(25-9-7-6-8-10-25)40-34(41)31(45-36(40)38-30)20-26-19-22(2)39(23(26)3)28-15-17-29(18-16-28)44-21-24-11-13-27(37)14-12-24/h6-20,33H,5,21H2,1-4H3/b31-20+/t33-/m1/s1. The van der Waals surface area contributed by atoms with Gasteiger partial charge in [0, 0.05) is 22.1 Å². The van der Waals surface area contributed by atoms with Crippen LogP contribution in [-0.4, -0.2) is 22.2 Å². The molecule has 45 heavy (non-hydrogen) atoms. The number of rotatable bonds is 8. The molecule has 0 spiro atoms. The van der Waals surface area contributed by atoms with Gasteiger partial charge >= 0.3 is 5.97 Å². The molecule has 1 aliphatic rings. The largest absolute Gasteiger partial charge is 0.489 e. The predicted octanol–water partition coefficient (Wildman–Crippen LogP) is 6.44. The first-order valence-corrected chi connectivity index (χ1v) is 15.8. The molecular weight excluding hydrogens is 606 g/mol. The van der Waals surface area contributed by atoms with E-state index in [1.165, 1.54) is 18.4 Å². The van der Waals surface area contributed by atoms with Crippen molar-refractivity contribution >= 4 is 35.0 Å². The molecule has 0 aliphatic carbocycles. The first kappa shape index (κ1) is 30.4. The zero-order chi connectivity index (χ0) is 31.7. The first-order valence-electron chi connectivity index (χ1n) is 14.6. The summed E-state index contributed by atoms with van der Waals surface area (Å²) in [5.41, 5.74) is 6.64. The highest BCUT2D eigenvalue weighted by Crippen LogP contribution is 2.32. The highest BCUT2D eigenvalue weighted by Gasteiger charge is 2.33. The van der Waals surface area contributed by atoms with Gasteiger partial charge in [0.15, 0.2) is 4.80 Å². The van der Waals surface area contributed by atoms with Gasteiger partial charge in [-0.25, -0.2) is 9.79 Å². The lowest BCUT2D eigenvalue weighted by Gasteiger charge is -2.25. The number of hydrogen-bond donors (Lipinski definition) is 0. The van der Waals surface area contributed by atoms with Crippen LogP contribution in [0.2, 0.25) is 5.02 Å². The van der Waals surface area contributed by atoms with E-state index in [-0.39, 0.29) is 5.56 Å². The second-order valence-electron chi connectivity index (χ2n) is 10.8. The lowest BCUT2D eigenvalue weighted by Crippen LogP contribution is -2.40. The maximum absolute atomic E-state index is 14.0. The minimum absolute atomic E-state index is 0.198. The van der Waals surface area contributed by atoms with Gasteiger partial charge in [-0.2, -0.15) is 0 Å². The number of ether oxygens (including phenoxy) is 2. The van der Waals surface area contributed by atoms with Crippen LogP contribution in [0.1, 0.15) is 47.5 Å². The van der Waals surface area contributed by atoms with Crippen LogP contribution >= 0.6 is 22.9 Å². The molecule has 1 atom stereocenters. The van der Waals surface area contributed by atoms with Crippen LogP contribution in [0.4, 0.5) is 0 Å². The Morgan fingerprint density at radius 3 is 2.40 bits per heavy atom. The predicted molar refractivity (Wildman–Crippen MR) is 178 cm³/mol. The topological polar surface area (TPSA) is 74.8 Å². The van der Waals surface area contributed by atoms with E-state index >= 15 is 0 Å². The lowest BCUT2D eigenvalue weighted by atomic mass is 9.95. The molecule has 0 bridgehead atoms. The van der Waals surface area contributed by atoms with Gasteiger partial charge in [0.25, 0.3) is 5.56 Å².